The van der Waals surface area contributed by atoms with Crippen molar-refractivity contribution < 1.29 is 19.0 Å². The average Bonchev–Trinajstić information content (AvgIpc) is 3.36. The molecule has 1 N–H and O–H groups in total. The molecule has 3 aromatic rings. The number of amides is 1. The van der Waals surface area contributed by atoms with Gasteiger partial charge in [0.2, 0.25) is 6.79 Å². The van der Waals surface area contributed by atoms with Crippen LogP contribution in [0.1, 0.15) is 25.6 Å². The van der Waals surface area contributed by atoms with Crippen molar-refractivity contribution in [3.05, 3.63) is 60.7 Å². The van der Waals surface area contributed by atoms with E-state index < -0.39 is 0 Å². The molecule has 0 spiro atoms. The van der Waals surface area contributed by atoms with Crippen LogP contribution in [0.4, 0.5) is 5.69 Å². The fourth-order valence-electron chi connectivity index (χ4n) is 2.98. The number of rotatable bonds is 6. The Morgan fingerprint density at radius 1 is 1.18 bits per heavy atom. The molecule has 0 bridgehead atoms. The molecule has 2 heterocycles. The van der Waals surface area contributed by atoms with Crippen molar-refractivity contribution in [1.82, 2.24) is 9.55 Å². The number of hydrogen-bond acceptors (Lipinski definition) is 5. The second-order valence-electron chi connectivity index (χ2n) is 6.71. The van der Waals surface area contributed by atoms with Crippen LogP contribution in [0.5, 0.6) is 17.2 Å². The molecule has 0 unspecified atom stereocenters. The number of aromatic nitrogens is 2. The van der Waals surface area contributed by atoms with E-state index in [1.807, 2.05) is 35.0 Å². The Morgan fingerprint density at radius 3 is 2.75 bits per heavy atom. The van der Waals surface area contributed by atoms with E-state index in [9.17, 15) is 4.79 Å². The third-order valence-electron chi connectivity index (χ3n) is 4.33. The molecule has 0 fully saturated rings. The first-order valence-electron chi connectivity index (χ1n) is 9.06. The maximum atomic E-state index is 12.2. The van der Waals surface area contributed by atoms with Gasteiger partial charge >= 0.3 is 0 Å². The Morgan fingerprint density at radius 2 is 1.96 bits per heavy atom. The molecule has 1 amide bonds. The van der Waals surface area contributed by atoms with Gasteiger partial charge in [0.15, 0.2) is 18.1 Å². The highest BCUT2D eigenvalue weighted by atomic mass is 16.7. The Hall–Kier alpha value is -3.48. The molecule has 144 valence electrons. The number of ether oxygens (including phenoxy) is 3. The van der Waals surface area contributed by atoms with Gasteiger partial charge in [-0.2, -0.15) is 0 Å². The number of carbonyl (C=O) groups is 1. The molecule has 0 saturated heterocycles. The van der Waals surface area contributed by atoms with Crippen LogP contribution in [0.2, 0.25) is 0 Å². The molecule has 1 aliphatic rings. The van der Waals surface area contributed by atoms with Crippen LogP contribution in [0, 0.1) is 0 Å². The van der Waals surface area contributed by atoms with E-state index in [-0.39, 0.29) is 19.3 Å². The molecule has 0 aliphatic carbocycles. The molecular weight excluding hydrogens is 358 g/mol. The largest absolute Gasteiger partial charge is 0.484 e. The Balaban J connectivity index is 1.35. The summed E-state index contributed by atoms with van der Waals surface area (Å²) in [4.78, 5) is 16.6. The average molecular weight is 379 g/mol. The molecule has 28 heavy (non-hydrogen) atoms. The lowest BCUT2D eigenvalue weighted by atomic mass is 10.2. The third-order valence-corrected chi connectivity index (χ3v) is 4.33. The van der Waals surface area contributed by atoms with E-state index in [2.05, 4.69) is 24.1 Å². The van der Waals surface area contributed by atoms with Crippen molar-refractivity contribution >= 4 is 11.6 Å². The quantitative estimate of drug-likeness (QED) is 0.706. The standard InChI is InChI=1S/C21H21N3O4/c1-14(2)21-22-9-10-24(21)16-5-3-15(4-6-16)23-20(25)12-26-17-7-8-18-19(11-17)28-13-27-18/h3-11,14H,12-13H2,1-2H3,(H,23,25). The first-order chi connectivity index (χ1) is 13.6. The van der Waals surface area contributed by atoms with E-state index in [1.165, 1.54) is 0 Å². The fourth-order valence-corrected chi connectivity index (χ4v) is 2.98. The topological polar surface area (TPSA) is 74.6 Å². The Labute approximate surface area is 162 Å². The SMILES string of the molecule is CC(C)c1nccn1-c1ccc(NC(=O)COc2ccc3c(c2)OCO3)cc1. The zero-order valence-electron chi connectivity index (χ0n) is 15.7. The summed E-state index contributed by atoms with van der Waals surface area (Å²) in [7, 11) is 0. The third kappa shape index (κ3) is 3.78. The van der Waals surface area contributed by atoms with Gasteiger partial charge in [0.25, 0.3) is 5.91 Å². The van der Waals surface area contributed by atoms with E-state index >= 15 is 0 Å². The summed E-state index contributed by atoms with van der Waals surface area (Å²) in [5.74, 6) is 2.92. The predicted octanol–water partition coefficient (Wildman–Crippen LogP) is 3.74. The number of anilines is 1. The Bertz CT molecular complexity index is 980. The first-order valence-corrected chi connectivity index (χ1v) is 9.06. The lowest BCUT2D eigenvalue weighted by Crippen LogP contribution is -2.20. The molecule has 7 nitrogen and oxygen atoms in total. The van der Waals surface area contributed by atoms with Crippen molar-refractivity contribution in [1.29, 1.82) is 0 Å². The highest BCUT2D eigenvalue weighted by Crippen LogP contribution is 2.35. The monoisotopic (exact) mass is 379 g/mol. The van der Waals surface area contributed by atoms with E-state index in [0.29, 0.717) is 28.9 Å². The minimum absolute atomic E-state index is 0.0968. The first kappa shape index (κ1) is 17.9. The van der Waals surface area contributed by atoms with Gasteiger partial charge < -0.3 is 24.1 Å². The van der Waals surface area contributed by atoms with Gasteiger partial charge in [0, 0.05) is 35.8 Å². The molecule has 1 aliphatic heterocycles. The van der Waals surface area contributed by atoms with Gasteiger partial charge in [-0.25, -0.2) is 4.98 Å². The lowest BCUT2D eigenvalue weighted by molar-refractivity contribution is -0.118. The van der Waals surface area contributed by atoms with Gasteiger partial charge in [0.05, 0.1) is 0 Å². The number of nitrogens with zero attached hydrogens (tertiary/aromatic N) is 2. The maximum Gasteiger partial charge on any atom is 0.262 e. The number of hydrogen-bond donors (Lipinski definition) is 1. The summed E-state index contributed by atoms with van der Waals surface area (Å²) in [6.07, 6.45) is 3.72. The van der Waals surface area contributed by atoms with Gasteiger partial charge in [-0.3, -0.25) is 4.79 Å². The summed E-state index contributed by atoms with van der Waals surface area (Å²) < 4.78 is 18.1. The smallest absolute Gasteiger partial charge is 0.262 e. The highest BCUT2D eigenvalue weighted by molar-refractivity contribution is 5.91. The molecule has 1 aromatic heterocycles. The minimum atomic E-state index is -0.240. The van der Waals surface area contributed by atoms with Crippen molar-refractivity contribution in [3.8, 4) is 22.9 Å². The summed E-state index contributed by atoms with van der Waals surface area (Å²) in [5, 5.41) is 2.83. The second-order valence-corrected chi connectivity index (χ2v) is 6.71. The lowest BCUT2D eigenvalue weighted by Gasteiger charge is -2.12. The summed E-state index contributed by atoms with van der Waals surface area (Å²) in [6.45, 7) is 4.31. The number of nitrogens with one attached hydrogen (secondary N) is 1. The number of carbonyl (C=O) groups excluding carboxylic acids is 1. The van der Waals surface area contributed by atoms with Crippen LogP contribution < -0.4 is 19.5 Å². The highest BCUT2D eigenvalue weighted by Gasteiger charge is 2.14. The second kappa shape index (κ2) is 7.64. The van der Waals surface area contributed by atoms with Crippen LogP contribution in [-0.4, -0.2) is 28.9 Å². The van der Waals surface area contributed by atoms with Crippen LogP contribution in [-0.2, 0) is 4.79 Å². The molecular formula is C21H21N3O4. The number of fused-ring (bicyclic) bond motifs is 1. The molecule has 2 aromatic carbocycles. The molecule has 4 rings (SSSR count). The van der Waals surface area contributed by atoms with Crippen LogP contribution >= 0.6 is 0 Å². The van der Waals surface area contributed by atoms with Crippen molar-refractivity contribution in [2.75, 3.05) is 18.7 Å². The van der Waals surface area contributed by atoms with E-state index in [0.717, 1.165) is 11.5 Å². The predicted molar refractivity (Wildman–Crippen MR) is 104 cm³/mol. The zero-order valence-corrected chi connectivity index (χ0v) is 15.7. The summed E-state index contributed by atoms with van der Waals surface area (Å²) >= 11 is 0. The van der Waals surface area contributed by atoms with Crippen molar-refractivity contribution in [2.45, 2.75) is 19.8 Å². The van der Waals surface area contributed by atoms with Gasteiger partial charge in [-0.05, 0) is 36.4 Å². The molecule has 7 heteroatoms. The van der Waals surface area contributed by atoms with Crippen LogP contribution in [0.25, 0.3) is 5.69 Å². The summed E-state index contributed by atoms with van der Waals surface area (Å²) in [6, 6.07) is 12.8. The van der Waals surface area contributed by atoms with Gasteiger partial charge in [-0.1, -0.05) is 13.8 Å². The number of benzene rings is 2. The number of imidazole rings is 1. The van der Waals surface area contributed by atoms with E-state index in [1.54, 1.807) is 24.4 Å². The van der Waals surface area contributed by atoms with Crippen LogP contribution in [0.3, 0.4) is 0 Å². The molecule has 0 saturated carbocycles. The zero-order chi connectivity index (χ0) is 19.5. The van der Waals surface area contributed by atoms with Gasteiger partial charge in [-0.15, -0.1) is 0 Å². The van der Waals surface area contributed by atoms with Gasteiger partial charge in [0.1, 0.15) is 11.6 Å². The maximum absolute atomic E-state index is 12.2. The van der Waals surface area contributed by atoms with Crippen molar-refractivity contribution in [3.63, 3.8) is 0 Å². The molecule has 0 radical (unpaired) electrons. The summed E-state index contributed by atoms with van der Waals surface area (Å²) in [5.41, 5.74) is 1.70. The van der Waals surface area contributed by atoms with Crippen molar-refractivity contribution in [2.24, 2.45) is 0 Å². The Kier molecular flexibility index (Phi) is 4.89. The van der Waals surface area contributed by atoms with Crippen LogP contribution in [0.15, 0.2) is 54.9 Å². The van der Waals surface area contributed by atoms with E-state index in [4.69, 9.17) is 14.2 Å². The minimum Gasteiger partial charge on any atom is -0.484 e. The molecule has 0 atom stereocenters. The normalized spacial score (nSPS) is 12.2. The fraction of sp³-hybridized carbons (Fsp3) is 0.238.